The summed E-state index contributed by atoms with van der Waals surface area (Å²) in [5, 5.41) is 0. The first kappa shape index (κ1) is 15.4. The minimum atomic E-state index is 0.127. The van der Waals surface area contributed by atoms with Gasteiger partial charge in [-0.2, -0.15) is 0 Å². The number of nitrogens with zero attached hydrogens (tertiary/aromatic N) is 2. The molecule has 0 fully saturated rings. The molecule has 0 saturated carbocycles. The van der Waals surface area contributed by atoms with E-state index >= 15 is 0 Å². The van der Waals surface area contributed by atoms with Crippen molar-refractivity contribution in [2.75, 3.05) is 13.6 Å². The summed E-state index contributed by atoms with van der Waals surface area (Å²) in [6.45, 7) is 13.1. The van der Waals surface area contributed by atoms with Crippen molar-refractivity contribution in [3.63, 3.8) is 0 Å². The van der Waals surface area contributed by atoms with Crippen molar-refractivity contribution >= 4 is 12.2 Å². The number of aromatic amines is 1. The Balaban J connectivity index is 2.79. The largest absolute Gasteiger partial charge is 0.337 e. The van der Waals surface area contributed by atoms with E-state index in [0.29, 0.717) is 6.04 Å². The molecule has 1 atom stereocenters. The van der Waals surface area contributed by atoms with Gasteiger partial charge in [0.2, 0.25) is 0 Å². The average molecular weight is 269 g/mol. The normalized spacial score (nSPS) is 14.2. The molecule has 0 bridgehead atoms. The van der Waals surface area contributed by atoms with Crippen LogP contribution in [0.5, 0.6) is 0 Å². The fraction of sp³-hybridized carbons (Fsp3) is 0.786. The van der Waals surface area contributed by atoms with Gasteiger partial charge in [0, 0.05) is 36.4 Å². The van der Waals surface area contributed by atoms with Crippen LogP contribution in [-0.4, -0.2) is 34.1 Å². The van der Waals surface area contributed by atoms with Gasteiger partial charge in [-0.3, -0.25) is 0 Å². The van der Waals surface area contributed by atoms with E-state index in [9.17, 15) is 0 Å². The fourth-order valence-corrected chi connectivity index (χ4v) is 2.28. The van der Waals surface area contributed by atoms with Gasteiger partial charge in [0.25, 0.3) is 0 Å². The van der Waals surface area contributed by atoms with Crippen LogP contribution in [0.4, 0.5) is 0 Å². The van der Waals surface area contributed by atoms with Crippen LogP contribution in [0.1, 0.15) is 46.7 Å². The third-order valence-corrected chi connectivity index (χ3v) is 3.99. The van der Waals surface area contributed by atoms with Crippen molar-refractivity contribution in [3.05, 3.63) is 16.7 Å². The lowest BCUT2D eigenvalue weighted by Gasteiger charge is -2.26. The quantitative estimate of drug-likeness (QED) is 0.826. The molecule has 1 N–H and O–H groups in total. The standard InChI is InChI=1S/C14H27N3S/c1-7-11(2)16(6)8-9-17-12(14(3,4)5)10-15-13(17)18/h10-11H,7-9H2,1-6H3,(H,15,18). The molecule has 4 heteroatoms. The summed E-state index contributed by atoms with van der Waals surface area (Å²) in [5.74, 6) is 0. The van der Waals surface area contributed by atoms with Gasteiger partial charge in [0.05, 0.1) is 0 Å². The zero-order valence-corrected chi connectivity index (χ0v) is 13.4. The predicted molar refractivity (Wildman–Crippen MR) is 80.7 cm³/mol. The Morgan fingerprint density at radius 3 is 2.56 bits per heavy atom. The number of hydrogen-bond donors (Lipinski definition) is 1. The van der Waals surface area contributed by atoms with Crippen LogP contribution in [0, 0.1) is 4.77 Å². The van der Waals surface area contributed by atoms with Gasteiger partial charge in [0.15, 0.2) is 4.77 Å². The highest BCUT2D eigenvalue weighted by molar-refractivity contribution is 7.71. The topological polar surface area (TPSA) is 24.0 Å². The first-order chi connectivity index (χ1) is 8.27. The first-order valence-corrected chi connectivity index (χ1v) is 7.17. The third kappa shape index (κ3) is 3.69. The zero-order valence-electron chi connectivity index (χ0n) is 12.6. The number of nitrogens with one attached hydrogen (secondary N) is 1. The van der Waals surface area contributed by atoms with Gasteiger partial charge in [-0.15, -0.1) is 0 Å². The highest BCUT2D eigenvalue weighted by Crippen LogP contribution is 2.22. The highest BCUT2D eigenvalue weighted by atomic mass is 32.1. The van der Waals surface area contributed by atoms with Crippen molar-refractivity contribution in [1.29, 1.82) is 0 Å². The number of likely N-dealkylation sites (N-methyl/N-ethyl adjacent to an activating group) is 1. The van der Waals surface area contributed by atoms with Crippen LogP contribution in [0.25, 0.3) is 0 Å². The molecule has 3 nitrogen and oxygen atoms in total. The Hall–Kier alpha value is -0.610. The van der Waals surface area contributed by atoms with Crippen LogP contribution in [0.2, 0.25) is 0 Å². The lowest BCUT2D eigenvalue weighted by molar-refractivity contribution is 0.240. The molecule has 18 heavy (non-hydrogen) atoms. The summed E-state index contributed by atoms with van der Waals surface area (Å²) in [4.78, 5) is 5.56. The molecule has 0 aromatic carbocycles. The van der Waals surface area contributed by atoms with Crippen LogP contribution < -0.4 is 0 Å². The second-order valence-electron chi connectivity index (χ2n) is 6.12. The number of hydrogen-bond acceptors (Lipinski definition) is 2. The summed E-state index contributed by atoms with van der Waals surface area (Å²) in [6.07, 6.45) is 3.23. The van der Waals surface area contributed by atoms with E-state index in [1.807, 2.05) is 6.20 Å². The lowest BCUT2D eigenvalue weighted by atomic mass is 9.92. The Labute approximate surface area is 116 Å². The van der Waals surface area contributed by atoms with Crippen molar-refractivity contribution < 1.29 is 0 Å². The molecule has 0 amide bonds. The number of aromatic nitrogens is 2. The Kier molecular flexibility index (Phi) is 5.17. The lowest BCUT2D eigenvalue weighted by Crippen LogP contribution is -2.32. The molecule has 104 valence electrons. The van der Waals surface area contributed by atoms with Gasteiger partial charge in [0.1, 0.15) is 0 Å². The summed E-state index contributed by atoms with van der Waals surface area (Å²) >= 11 is 5.38. The van der Waals surface area contributed by atoms with E-state index < -0.39 is 0 Å². The fourth-order valence-electron chi connectivity index (χ4n) is 2.03. The van der Waals surface area contributed by atoms with Crippen molar-refractivity contribution in [2.45, 2.75) is 59.0 Å². The smallest absolute Gasteiger partial charge is 0.177 e. The molecule has 1 unspecified atom stereocenters. The maximum absolute atomic E-state index is 5.38. The maximum atomic E-state index is 5.38. The van der Waals surface area contributed by atoms with Crippen LogP contribution in [0.15, 0.2) is 6.20 Å². The van der Waals surface area contributed by atoms with E-state index in [1.54, 1.807) is 0 Å². The zero-order chi connectivity index (χ0) is 13.9. The number of imidazole rings is 1. The highest BCUT2D eigenvalue weighted by Gasteiger charge is 2.19. The molecule has 1 rings (SSSR count). The summed E-state index contributed by atoms with van der Waals surface area (Å²) < 4.78 is 3.06. The third-order valence-electron chi connectivity index (χ3n) is 3.66. The second-order valence-corrected chi connectivity index (χ2v) is 6.51. The van der Waals surface area contributed by atoms with E-state index in [-0.39, 0.29) is 5.41 Å². The van der Waals surface area contributed by atoms with Crippen molar-refractivity contribution in [3.8, 4) is 0 Å². The van der Waals surface area contributed by atoms with Crippen LogP contribution in [0.3, 0.4) is 0 Å². The van der Waals surface area contributed by atoms with Gasteiger partial charge in [-0.05, 0) is 32.6 Å². The summed E-state index contributed by atoms with van der Waals surface area (Å²) in [7, 11) is 2.18. The molecule has 0 saturated heterocycles. The van der Waals surface area contributed by atoms with Gasteiger partial charge in [-0.25, -0.2) is 0 Å². The van der Waals surface area contributed by atoms with Crippen molar-refractivity contribution in [2.24, 2.45) is 0 Å². The van der Waals surface area contributed by atoms with Gasteiger partial charge in [-0.1, -0.05) is 27.7 Å². The molecule has 1 aromatic rings. The minimum Gasteiger partial charge on any atom is -0.337 e. The van der Waals surface area contributed by atoms with E-state index in [1.165, 1.54) is 12.1 Å². The average Bonchev–Trinajstić information content (AvgIpc) is 2.66. The molecule has 0 radical (unpaired) electrons. The monoisotopic (exact) mass is 269 g/mol. The van der Waals surface area contributed by atoms with Crippen molar-refractivity contribution in [1.82, 2.24) is 14.5 Å². The molecule has 1 aromatic heterocycles. The molecule has 1 heterocycles. The Bertz CT molecular complexity index is 425. The molecule has 0 spiro atoms. The summed E-state index contributed by atoms with van der Waals surface area (Å²) in [6, 6.07) is 0.621. The predicted octanol–water partition coefficient (Wildman–Crippen LogP) is 3.57. The molecule has 0 aliphatic rings. The Morgan fingerprint density at radius 2 is 2.06 bits per heavy atom. The van der Waals surface area contributed by atoms with Crippen LogP contribution >= 0.6 is 12.2 Å². The molecular formula is C14H27N3S. The van der Waals surface area contributed by atoms with E-state index in [0.717, 1.165) is 17.9 Å². The Morgan fingerprint density at radius 1 is 1.44 bits per heavy atom. The number of H-pyrrole nitrogens is 1. The van der Waals surface area contributed by atoms with Gasteiger partial charge < -0.3 is 14.5 Å². The maximum Gasteiger partial charge on any atom is 0.177 e. The summed E-state index contributed by atoms with van der Waals surface area (Å²) in [5.41, 5.74) is 1.41. The SMILES string of the molecule is CCC(C)N(C)CCn1c(C(C)(C)C)c[nH]c1=S. The number of rotatable bonds is 5. The molecular weight excluding hydrogens is 242 g/mol. The van der Waals surface area contributed by atoms with E-state index in [2.05, 4.69) is 56.1 Å². The van der Waals surface area contributed by atoms with Gasteiger partial charge >= 0.3 is 0 Å². The second kappa shape index (κ2) is 6.02. The first-order valence-electron chi connectivity index (χ1n) is 6.76. The van der Waals surface area contributed by atoms with Crippen LogP contribution in [-0.2, 0) is 12.0 Å². The molecule has 0 aliphatic heterocycles. The minimum absolute atomic E-state index is 0.127. The molecule has 0 aliphatic carbocycles. The van der Waals surface area contributed by atoms with E-state index in [4.69, 9.17) is 12.2 Å².